The molecule has 0 fully saturated rings. The van der Waals surface area contributed by atoms with Crippen LogP contribution in [0.4, 0.5) is 16.2 Å². The number of benzene rings is 2. The van der Waals surface area contributed by atoms with Crippen molar-refractivity contribution in [2.75, 3.05) is 35.2 Å². The molecule has 27 heavy (non-hydrogen) atoms. The largest absolute Gasteiger partial charge is 1.00 e. The van der Waals surface area contributed by atoms with Crippen LogP contribution in [0.5, 0.6) is 5.75 Å². The number of halogens is 1. The molecule has 0 aliphatic rings. The summed E-state index contributed by atoms with van der Waals surface area (Å²) in [6, 6.07) is 10.7. The standard InChI is InChI=1S/C18H20ClN3O4.Li/c1-20(2)18(23)26-17-9-7-6-8-12(17)13-10-16(22(3,4)5)14(19)11-15(13)21(24)25;/h6-8,10-11H,1-5H3;/q;+1. The number of para-hydroxylation sites is 1. The first-order valence-corrected chi connectivity index (χ1v) is 8.10. The molecule has 0 N–H and O–H groups in total. The molecule has 0 aromatic heterocycles. The van der Waals surface area contributed by atoms with Crippen LogP contribution in [0, 0.1) is 16.2 Å². The van der Waals surface area contributed by atoms with Crippen LogP contribution in [-0.4, -0.2) is 51.2 Å². The number of rotatable bonds is 4. The predicted molar refractivity (Wildman–Crippen MR) is 102 cm³/mol. The Morgan fingerprint density at radius 2 is 1.89 bits per heavy atom. The quantitative estimate of drug-likeness (QED) is 0.259. The van der Waals surface area contributed by atoms with E-state index in [0.717, 1.165) is 0 Å². The van der Waals surface area contributed by atoms with Crippen molar-refractivity contribution in [3.63, 3.8) is 0 Å². The summed E-state index contributed by atoms with van der Waals surface area (Å²) in [6.07, 6.45) is -0.600. The summed E-state index contributed by atoms with van der Waals surface area (Å²) in [4.78, 5) is 24.2. The van der Waals surface area contributed by atoms with E-state index in [-0.39, 0.29) is 30.3 Å². The number of hydrogen-bond acceptors (Lipinski definition) is 4. The molecule has 0 spiro atoms. The van der Waals surface area contributed by atoms with Crippen LogP contribution in [0.2, 0.25) is 5.02 Å². The zero-order valence-corrected chi connectivity index (χ0v) is 17.0. The molecule has 2 rings (SSSR count). The van der Waals surface area contributed by atoms with Gasteiger partial charge in [0.2, 0.25) is 0 Å². The van der Waals surface area contributed by atoms with Crippen molar-refractivity contribution in [3.8, 4) is 16.9 Å². The number of quaternary nitrogens is 1. The summed E-state index contributed by atoms with van der Waals surface area (Å²) in [5.74, 6) is 0.115. The second-order valence-corrected chi connectivity index (χ2v) is 7.17. The summed E-state index contributed by atoms with van der Waals surface area (Å²) < 4.78 is 5.69. The van der Waals surface area contributed by atoms with Gasteiger partial charge in [0.1, 0.15) is 5.02 Å². The molecule has 138 valence electrons. The Balaban J connectivity index is 0.00000364. The smallest absolute Gasteiger partial charge is 0.437 e. The van der Waals surface area contributed by atoms with Crippen LogP contribution in [0.3, 0.4) is 0 Å². The third-order valence-electron chi connectivity index (χ3n) is 3.65. The molecule has 0 atom stereocenters. The Kier molecular flexibility index (Phi) is 7.46. The van der Waals surface area contributed by atoms with Gasteiger partial charge < -0.3 is 9.64 Å². The third kappa shape index (κ3) is 5.24. The molecule has 0 radical (unpaired) electrons. The minimum absolute atomic E-state index is 0. The predicted octanol–water partition coefficient (Wildman–Crippen LogP) is 0.976. The maximum absolute atomic E-state index is 11.9. The SMILES string of the molecule is CN(C)C(=O)Oc1[c-]cccc1-c1cc([N+](C)(C)C)c(Cl)cc1[N+](=O)[O-].[Li+]. The van der Waals surface area contributed by atoms with Gasteiger partial charge in [0.25, 0.3) is 5.69 Å². The summed E-state index contributed by atoms with van der Waals surface area (Å²) >= 11 is 6.26. The molecule has 2 aromatic carbocycles. The zero-order chi connectivity index (χ0) is 19.6. The molecule has 1 amide bonds. The van der Waals surface area contributed by atoms with Gasteiger partial charge in [-0.15, -0.1) is 6.07 Å². The first-order chi connectivity index (χ1) is 12.0. The Morgan fingerprint density at radius 1 is 1.26 bits per heavy atom. The van der Waals surface area contributed by atoms with E-state index in [1.807, 2.05) is 21.1 Å². The summed E-state index contributed by atoms with van der Waals surface area (Å²) in [7, 11) is 8.80. The molecule has 2 aromatic rings. The third-order valence-corrected chi connectivity index (χ3v) is 3.95. The minimum Gasteiger partial charge on any atom is -0.437 e. The average Bonchev–Trinajstić information content (AvgIpc) is 2.54. The minimum atomic E-state index is -0.600. The number of nitro groups is 1. The maximum atomic E-state index is 11.9. The Labute approximate surface area is 175 Å². The van der Waals surface area contributed by atoms with E-state index in [1.165, 1.54) is 11.0 Å². The maximum Gasteiger partial charge on any atom is 1.00 e. The molecule has 0 saturated carbocycles. The monoisotopic (exact) mass is 384 g/mol. The number of hydrogen-bond donors (Lipinski definition) is 0. The second-order valence-electron chi connectivity index (χ2n) is 6.77. The number of carbonyl (C=O) groups excluding carboxylic acids is 1. The molecule has 0 bridgehead atoms. The van der Waals surface area contributed by atoms with Crippen LogP contribution in [0.25, 0.3) is 11.1 Å². The average molecular weight is 385 g/mol. The topological polar surface area (TPSA) is 72.7 Å². The fourth-order valence-corrected chi connectivity index (χ4v) is 2.74. The van der Waals surface area contributed by atoms with Crippen LogP contribution < -0.4 is 28.1 Å². The van der Waals surface area contributed by atoms with E-state index in [1.54, 1.807) is 38.4 Å². The number of nitro benzene ring substituents is 1. The van der Waals surface area contributed by atoms with Crippen molar-refractivity contribution in [3.05, 3.63) is 51.5 Å². The van der Waals surface area contributed by atoms with Gasteiger partial charge in [-0.3, -0.25) is 14.6 Å². The fourth-order valence-electron chi connectivity index (χ4n) is 2.33. The summed E-state index contributed by atoms with van der Waals surface area (Å²) in [5, 5.41) is 11.9. The first-order valence-electron chi connectivity index (χ1n) is 7.72. The zero-order valence-electron chi connectivity index (χ0n) is 16.2. The van der Waals surface area contributed by atoms with Gasteiger partial charge in [0, 0.05) is 37.5 Å². The summed E-state index contributed by atoms with van der Waals surface area (Å²) in [5.41, 5.74) is 1.22. The molecule has 0 unspecified atom stereocenters. The molecule has 7 nitrogen and oxygen atoms in total. The number of carbonyl (C=O) groups is 1. The molecular weight excluding hydrogens is 365 g/mol. The van der Waals surface area contributed by atoms with Crippen molar-refractivity contribution in [2.45, 2.75) is 0 Å². The fraction of sp³-hybridized carbons (Fsp3) is 0.278. The van der Waals surface area contributed by atoms with E-state index in [9.17, 15) is 14.9 Å². The molecule has 0 aliphatic heterocycles. The Morgan fingerprint density at radius 3 is 2.41 bits per heavy atom. The van der Waals surface area contributed by atoms with Gasteiger partial charge in [0.05, 0.1) is 26.1 Å². The summed E-state index contributed by atoms with van der Waals surface area (Å²) in [6.45, 7) is 0. The van der Waals surface area contributed by atoms with Crippen molar-refractivity contribution in [2.24, 2.45) is 0 Å². The second kappa shape index (κ2) is 8.76. The van der Waals surface area contributed by atoms with Gasteiger partial charge in [-0.1, -0.05) is 17.2 Å². The molecule has 9 heteroatoms. The molecular formula is C18H20ClLiN3O4+. The number of amides is 1. The van der Waals surface area contributed by atoms with Crippen LogP contribution in [0.1, 0.15) is 0 Å². The Bertz CT molecular complexity index is 866. The van der Waals surface area contributed by atoms with E-state index in [2.05, 4.69) is 6.07 Å². The normalized spacial score (nSPS) is 10.7. The van der Waals surface area contributed by atoms with Crippen LogP contribution in [0.15, 0.2) is 30.3 Å². The van der Waals surface area contributed by atoms with Gasteiger partial charge in [-0.2, -0.15) is 18.2 Å². The van der Waals surface area contributed by atoms with Crippen LogP contribution >= 0.6 is 11.6 Å². The van der Waals surface area contributed by atoms with E-state index in [4.69, 9.17) is 16.3 Å². The molecule has 0 aliphatic carbocycles. The Hall–Kier alpha value is -2.04. The first kappa shape index (κ1) is 23.0. The number of ether oxygens (including phenoxy) is 1. The van der Waals surface area contributed by atoms with Gasteiger partial charge in [-0.25, -0.2) is 4.79 Å². The van der Waals surface area contributed by atoms with E-state index in [0.29, 0.717) is 26.3 Å². The van der Waals surface area contributed by atoms with Gasteiger partial charge >= 0.3 is 25.0 Å². The van der Waals surface area contributed by atoms with Crippen molar-refractivity contribution in [1.29, 1.82) is 0 Å². The van der Waals surface area contributed by atoms with Crippen LogP contribution in [-0.2, 0) is 0 Å². The van der Waals surface area contributed by atoms with Crippen molar-refractivity contribution < 1.29 is 33.3 Å². The van der Waals surface area contributed by atoms with Gasteiger partial charge in [0.15, 0.2) is 5.69 Å². The van der Waals surface area contributed by atoms with Gasteiger partial charge in [-0.05, 0) is 0 Å². The van der Waals surface area contributed by atoms with Crippen molar-refractivity contribution >= 4 is 29.1 Å². The molecule has 0 heterocycles. The molecule has 0 saturated heterocycles. The van der Waals surface area contributed by atoms with E-state index >= 15 is 0 Å². The van der Waals surface area contributed by atoms with Crippen molar-refractivity contribution in [1.82, 2.24) is 9.38 Å². The number of nitrogens with zero attached hydrogens (tertiary/aromatic N) is 3. The van der Waals surface area contributed by atoms with E-state index < -0.39 is 11.0 Å².